The summed E-state index contributed by atoms with van der Waals surface area (Å²) < 4.78 is 17.6. The van der Waals surface area contributed by atoms with Gasteiger partial charge in [-0.1, -0.05) is 38.5 Å². The first kappa shape index (κ1) is 21.1. The summed E-state index contributed by atoms with van der Waals surface area (Å²) in [5.41, 5.74) is 0. The van der Waals surface area contributed by atoms with E-state index in [0.29, 0.717) is 26.4 Å². The predicted octanol–water partition coefficient (Wildman–Crippen LogP) is 4.15. The van der Waals surface area contributed by atoms with E-state index in [1.807, 2.05) is 20.8 Å². The standard InChI is InChI=1S/C16H36O4Si/c1-4-18-21(19-5-2,20-6-3)16-14-12-10-8-7-9-11-13-15-17/h17H,4-16H2,1-3H3. The molecule has 0 rings (SSSR count). The van der Waals surface area contributed by atoms with Gasteiger partial charge in [-0.3, -0.25) is 0 Å². The van der Waals surface area contributed by atoms with Crippen LogP contribution in [-0.2, 0) is 13.3 Å². The Hall–Kier alpha value is 0.0569. The Morgan fingerprint density at radius 2 is 1.00 bits per heavy atom. The second-order valence-corrected chi connectivity index (χ2v) is 8.02. The molecule has 5 heteroatoms. The Kier molecular flexibility index (Phi) is 15.0. The minimum absolute atomic E-state index is 0.332. The van der Waals surface area contributed by atoms with Crippen LogP contribution in [0.4, 0.5) is 0 Å². The fraction of sp³-hybridized carbons (Fsp3) is 1.00. The van der Waals surface area contributed by atoms with Crippen molar-refractivity contribution in [3.8, 4) is 0 Å². The molecule has 4 nitrogen and oxygen atoms in total. The molecule has 0 aliphatic carbocycles. The smallest absolute Gasteiger partial charge is 0.396 e. The Morgan fingerprint density at radius 3 is 1.38 bits per heavy atom. The zero-order valence-electron chi connectivity index (χ0n) is 14.4. The van der Waals surface area contributed by atoms with Crippen LogP contribution in [0.25, 0.3) is 0 Å². The Labute approximate surface area is 132 Å². The van der Waals surface area contributed by atoms with Gasteiger partial charge in [0.2, 0.25) is 0 Å². The lowest BCUT2D eigenvalue weighted by Crippen LogP contribution is -2.45. The molecule has 0 aromatic carbocycles. The normalized spacial score (nSPS) is 12.0. The van der Waals surface area contributed by atoms with Gasteiger partial charge in [-0.15, -0.1) is 0 Å². The lowest BCUT2D eigenvalue weighted by molar-refractivity contribution is 0.0706. The monoisotopic (exact) mass is 320 g/mol. The van der Waals surface area contributed by atoms with Gasteiger partial charge in [0.05, 0.1) is 0 Å². The number of aliphatic hydroxyl groups is 1. The van der Waals surface area contributed by atoms with Gasteiger partial charge in [-0.2, -0.15) is 0 Å². The predicted molar refractivity (Wildman–Crippen MR) is 89.5 cm³/mol. The molecule has 0 aromatic rings. The molecule has 0 aliphatic rings. The van der Waals surface area contributed by atoms with Crippen LogP contribution >= 0.6 is 0 Å². The van der Waals surface area contributed by atoms with Gasteiger partial charge < -0.3 is 18.4 Å². The van der Waals surface area contributed by atoms with Crippen LogP contribution in [0.2, 0.25) is 6.04 Å². The highest BCUT2D eigenvalue weighted by Gasteiger charge is 2.39. The maximum absolute atomic E-state index is 8.71. The molecule has 0 saturated carbocycles. The Bertz CT molecular complexity index is 197. The summed E-state index contributed by atoms with van der Waals surface area (Å²) in [6.45, 7) is 8.34. The number of hydrogen-bond donors (Lipinski definition) is 1. The zero-order valence-corrected chi connectivity index (χ0v) is 15.4. The molecule has 0 spiro atoms. The maximum atomic E-state index is 8.71. The van der Waals surface area contributed by atoms with E-state index in [4.69, 9.17) is 18.4 Å². The van der Waals surface area contributed by atoms with E-state index in [2.05, 4.69) is 0 Å². The molecule has 0 aliphatic heterocycles. The van der Waals surface area contributed by atoms with Crippen LogP contribution in [0.3, 0.4) is 0 Å². The third kappa shape index (κ3) is 11.3. The van der Waals surface area contributed by atoms with Crippen molar-refractivity contribution >= 4 is 8.80 Å². The van der Waals surface area contributed by atoms with Crippen LogP contribution in [0, 0.1) is 0 Å². The summed E-state index contributed by atoms with van der Waals surface area (Å²) in [6, 6.07) is 0.938. The number of rotatable bonds is 16. The summed E-state index contributed by atoms with van der Waals surface area (Å²) in [7, 11) is -2.41. The second-order valence-electron chi connectivity index (χ2n) is 5.28. The Morgan fingerprint density at radius 1 is 0.619 bits per heavy atom. The SMILES string of the molecule is CCO[Si](CCCCCCCCCCO)(OCC)OCC. The van der Waals surface area contributed by atoms with Crippen molar-refractivity contribution in [2.75, 3.05) is 26.4 Å². The minimum Gasteiger partial charge on any atom is -0.396 e. The molecule has 0 fully saturated rings. The summed E-state index contributed by atoms with van der Waals surface area (Å²) >= 11 is 0. The average Bonchev–Trinajstić information content (AvgIpc) is 2.46. The van der Waals surface area contributed by atoms with Crippen LogP contribution < -0.4 is 0 Å². The molecular formula is C16H36O4Si. The van der Waals surface area contributed by atoms with E-state index in [1.54, 1.807) is 0 Å². The first-order valence-electron chi connectivity index (χ1n) is 8.77. The van der Waals surface area contributed by atoms with Crippen molar-refractivity contribution in [2.24, 2.45) is 0 Å². The molecule has 0 atom stereocenters. The minimum atomic E-state index is -2.41. The van der Waals surface area contributed by atoms with Crippen LogP contribution in [-0.4, -0.2) is 40.3 Å². The fourth-order valence-electron chi connectivity index (χ4n) is 2.52. The molecular weight excluding hydrogens is 284 g/mol. The summed E-state index contributed by atoms with van der Waals surface area (Å²) in [6.07, 6.45) is 9.55. The van der Waals surface area contributed by atoms with Crippen LogP contribution in [0.1, 0.15) is 72.1 Å². The summed E-state index contributed by atoms with van der Waals surface area (Å²) in [4.78, 5) is 0. The van der Waals surface area contributed by atoms with E-state index >= 15 is 0 Å². The van der Waals surface area contributed by atoms with Gasteiger partial charge in [0.25, 0.3) is 0 Å². The van der Waals surface area contributed by atoms with Crippen molar-refractivity contribution in [2.45, 2.75) is 78.2 Å². The topological polar surface area (TPSA) is 47.9 Å². The van der Waals surface area contributed by atoms with Gasteiger partial charge in [0.1, 0.15) is 0 Å². The molecule has 21 heavy (non-hydrogen) atoms. The molecule has 0 amide bonds. The van der Waals surface area contributed by atoms with Crippen LogP contribution in [0.15, 0.2) is 0 Å². The van der Waals surface area contributed by atoms with Crippen LogP contribution in [0.5, 0.6) is 0 Å². The highest BCUT2D eigenvalue weighted by molar-refractivity contribution is 6.60. The molecule has 128 valence electrons. The molecule has 1 N–H and O–H groups in total. The van der Waals surface area contributed by atoms with Crippen molar-refractivity contribution in [1.82, 2.24) is 0 Å². The van der Waals surface area contributed by atoms with Crippen molar-refractivity contribution in [1.29, 1.82) is 0 Å². The van der Waals surface area contributed by atoms with E-state index < -0.39 is 8.80 Å². The van der Waals surface area contributed by atoms with Crippen molar-refractivity contribution < 1.29 is 18.4 Å². The molecule has 0 aromatic heterocycles. The molecule has 0 unspecified atom stereocenters. The van der Waals surface area contributed by atoms with Gasteiger partial charge in [0, 0.05) is 32.5 Å². The van der Waals surface area contributed by atoms with Gasteiger partial charge >= 0.3 is 8.80 Å². The van der Waals surface area contributed by atoms with Crippen molar-refractivity contribution in [3.63, 3.8) is 0 Å². The molecule has 0 heterocycles. The average molecular weight is 321 g/mol. The molecule has 0 radical (unpaired) electrons. The van der Waals surface area contributed by atoms with Gasteiger partial charge in [0.15, 0.2) is 0 Å². The quantitative estimate of drug-likeness (QED) is 0.343. The lowest BCUT2D eigenvalue weighted by Gasteiger charge is -2.28. The third-order valence-electron chi connectivity index (χ3n) is 3.48. The van der Waals surface area contributed by atoms with Gasteiger partial charge in [-0.25, -0.2) is 0 Å². The van der Waals surface area contributed by atoms with Gasteiger partial charge in [-0.05, 0) is 33.6 Å². The number of unbranched alkanes of at least 4 members (excludes halogenated alkanes) is 7. The zero-order chi connectivity index (χ0) is 15.8. The fourth-order valence-corrected chi connectivity index (χ4v) is 5.20. The van der Waals surface area contributed by atoms with E-state index in [9.17, 15) is 0 Å². The summed E-state index contributed by atoms with van der Waals surface area (Å²) in [5, 5.41) is 8.71. The maximum Gasteiger partial charge on any atom is 0.500 e. The van der Waals surface area contributed by atoms with E-state index in [0.717, 1.165) is 25.3 Å². The third-order valence-corrected chi connectivity index (χ3v) is 6.64. The Balaban J connectivity index is 3.76. The van der Waals surface area contributed by atoms with E-state index in [-0.39, 0.29) is 0 Å². The van der Waals surface area contributed by atoms with Crippen molar-refractivity contribution in [3.05, 3.63) is 0 Å². The molecule has 0 saturated heterocycles. The van der Waals surface area contributed by atoms with E-state index in [1.165, 1.54) is 32.1 Å². The largest absolute Gasteiger partial charge is 0.500 e. The number of aliphatic hydroxyl groups excluding tert-OH is 1. The molecule has 0 bridgehead atoms. The lowest BCUT2D eigenvalue weighted by atomic mass is 10.1. The number of hydrogen-bond acceptors (Lipinski definition) is 4. The summed E-state index contributed by atoms with van der Waals surface area (Å²) in [5.74, 6) is 0. The first-order valence-corrected chi connectivity index (χ1v) is 10.7. The first-order chi connectivity index (χ1) is 10.2. The highest BCUT2D eigenvalue weighted by atomic mass is 28.4. The highest BCUT2D eigenvalue weighted by Crippen LogP contribution is 2.20. The second kappa shape index (κ2) is 15.0.